The van der Waals surface area contributed by atoms with Gasteiger partial charge in [0.15, 0.2) is 0 Å². The van der Waals surface area contributed by atoms with Gasteiger partial charge >= 0.3 is 0 Å². The summed E-state index contributed by atoms with van der Waals surface area (Å²) in [5.41, 5.74) is 0.0566. The zero-order chi connectivity index (χ0) is 19.8. The average Bonchev–Trinajstić information content (AvgIpc) is 2.86. The van der Waals surface area contributed by atoms with Crippen molar-refractivity contribution in [2.75, 3.05) is 13.6 Å². The number of hydrogen-bond donors (Lipinski definition) is 1. The Kier molecular flexibility index (Phi) is 4.89. The standard InChI is InChI=1S/C21H24N2O4S/c1-23(28(25,26)17-7-3-2-4-8-17)16-11-13-21(14-12-16)15-22-20(24)18-9-5-6-10-19(18)27-21/h2-10,16H,11-15H2,1H3,(H,22,24). The lowest BCUT2D eigenvalue weighted by Crippen LogP contribution is -2.51. The van der Waals surface area contributed by atoms with Crippen molar-refractivity contribution in [3.05, 3.63) is 60.2 Å². The van der Waals surface area contributed by atoms with Crippen molar-refractivity contribution >= 4 is 15.9 Å². The lowest BCUT2D eigenvalue weighted by atomic mass is 9.82. The van der Waals surface area contributed by atoms with Crippen LogP contribution >= 0.6 is 0 Å². The maximum atomic E-state index is 12.9. The minimum Gasteiger partial charge on any atom is -0.485 e. The number of nitrogens with one attached hydrogen (secondary N) is 1. The molecule has 28 heavy (non-hydrogen) atoms. The summed E-state index contributed by atoms with van der Waals surface area (Å²) in [5, 5.41) is 2.97. The van der Waals surface area contributed by atoms with Crippen LogP contribution in [-0.4, -0.2) is 43.9 Å². The number of carbonyl (C=O) groups is 1. The van der Waals surface area contributed by atoms with Gasteiger partial charge in [-0.2, -0.15) is 4.31 Å². The van der Waals surface area contributed by atoms with E-state index < -0.39 is 15.6 Å². The smallest absolute Gasteiger partial charge is 0.255 e. The highest BCUT2D eigenvalue weighted by atomic mass is 32.2. The van der Waals surface area contributed by atoms with Gasteiger partial charge in [-0.05, 0) is 49.9 Å². The van der Waals surface area contributed by atoms with Gasteiger partial charge in [0.25, 0.3) is 5.91 Å². The second-order valence-electron chi connectivity index (χ2n) is 7.53. The molecule has 2 aliphatic rings. The number of sulfonamides is 1. The molecular formula is C21H24N2O4S. The molecule has 1 fully saturated rings. The van der Waals surface area contributed by atoms with Crippen LogP contribution < -0.4 is 10.1 Å². The Bertz CT molecular complexity index is 967. The number of benzene rings is 2. The van der Waals surface area contributed by atoms with Gasteiger partial charge in [0.1, 0.15) is 11.4 Å². The highest BCUT2D eigenvalue weighted by Crippen LogP contribution is 2.38. The van der Waals surface area contributed by atoms with E-state index in [1.54, 1.807) is 43.4 Å². The molecule has 1 amide bonds. The van der Waals surface area contributed by atoms with Crippen molar-refractivity contribution in [2.24, 2.45) is 0 Å². The third-order valence-electron chi connectivity index (χ3n) is 5.83. The minimum atomic E-state index is -3.52. The van der Waals surface area contributed by atoms with Gasteiger partial charge in [-0.3, -0.25) is 4.79 Å². The number of para-hydroxylation sites is 1. The maximum absolute atomic E-state index is 12.9. The van der Waals surface area contributed by atoms with Gasteiger partial charge < -0.3 is 10.1 Å². The fourth-order valence-corrected chi connectivity index (χ4v) is 5.51. The molecule has 0 unspecified atom stereocenters. The molecule has 1 N–H and O–H groups in total. The Morgan fingerprint density at radius 3 is 2.39 bits per heavy atom. The zero-order valence-corrected chi connectivity index (χ0v) is 16.6. The summed E-state index contributed by atoms with van der Waals surface area (Å²) in [5.74, 6) is 0.472. The van der Waals surface area contributed by atoms with Gasteiger partial charge in [-0.25, -0.2) is 8.42 Å². The molecule has 4 rings (SSSR count). The van der Waals surface area contributed by atoms with Crippen molar-refractivity contribution in [1.82, 2.24) is 9.62 Å². The van der Waals surface area contributed by atoms with E-state index in [2.05, 4.69) is 5.32 Å². The van der Waals surface area contributed by atoms with Gasteiger partial charge in [0.2, 0.25) is 10.0 Å². The lowest BCUT2D eigenvalue weighted by Gasteiger charge is -2.41. The summed E-state index contributed by atoms with van der Waals surface area (Å²) in [4.78, 5) is 12.6. The van der Waals surface area contributed by atoms with Crippen molar-refractivity contribution in [2.45, 2.75) is 42.2 Å². The van der Waals surface area contributed by atoms with Gasteiger partial charge in [0.05, 0.1) is 17.0 Å². The summed E-state index contributed by atoms with van der Waals surface area (Å²) in [7, 11) is -1.87. The second kappa shape index (κ2) is 7.22. The molecule has 0 atom stereocenters. The largest absolute Gasteiger partial charge is 0.485 e. The molecule has 2 aromatic carbocycles. The maximum Gasteiger partial charge on any atom is 0.255 e. The molecule has 7 heteroatoms. The van der Waals surface area contributed by atoms with Gasteiger partial charge in [-0.15, -0.1) is 0 Å². The summed E-state index contributed by atoms with van der Waals surface area (Å²) in [6.07, 6.45) is 2.73. The second-order valence-corrected chi connectivity index (χ2v) is 9.53. The van der Waals surface area contributed by atoms with Crippen molar-refractivity contribution in [3.63, 3.8) is 0 Å². The van der Waals surface area contributed by atoms with Crippen LogP contribution in [0.15, 0.2) is 59.5 Å². The quantitative estimate of drug-likeness (QED) is 0.860. The van der Waals surface area contributed by atoms with Crippen molar-refractivity contribution < 1.29 is 17.9 Å². The van der Waals surface area contributed by atoms with Crippen LogP contribution in [0, 0.1) is 0 Å². The van der Waals surface area contributed by atoms with Gasteiger partial charge in [-0.1, -0.05) is 30.3 Å². The molecular weight excluding hydrogens is 376 g/mol. The van der Waals surface area contributed by atoms with E-state index in [1.807, 2.05) is 18.2 Å². The summed E-state index contributed by atoms with van der Waals surface area (Å²) in [6.45, 7) is 0.433. The molecule has 1 saturated carbocycles. The molecule has 1 aliphatic heterocycles. The molecule has 2 aromatic rings. The molecule has 0 saturated heterocycles. The summed E-state index contributed by atoms with van der Waals surface area (Å²) < 4.78 is 33.6. The third kappa shape index (κ3) is 3.40. The lowest BCUT2D eigenvalue weighted by molar-refractivity contribution is 0.0196. The van der Waals surface area contributed by atoms with Gasteiger partial charge in [0, 0.05) is 13.1 Å². The molecule has 148 valence electrons. The molecule has 1 aliphatic carbocycles. The van der Waals surface area contributed by atoms with Crippen LogP contribution in [0.1, 0.15) is 36.0 Å². The van der Waals surface area contributed by atoms with E-state index in [4.69, 9.17) is 4.74 Å². The highest BCUT2D eigenvalue weighted by Gasteiger charge is 2.42. The predicted molar refractivity (Wildman–Crippen MR) is 106 cm³/mol. The Morgan fingerprint density at radius 1 is 1.04 bits per heavy atom. The Morgan fingerprint density at radius 2 is 1.68 bits per heavy atom. The topological polar surface area (TPSA) is 75.7 Å². The minimum absolute atomic E-state index is 0.0892. The highest BCUT2D eigenvalue weighted by molar-refractivity contribution is 7.89. The molecule has 0 radical (unpaired) electrons. The average molecular weight is 401 g/mol. The van der Waals surface area contributed by atoms with E-state index in [-0.39, 0.29) is 11.9 Å². The number of rotatable bonds is 3. The first-order chi connectivity index (χ1) is 13.4. The van der Waals surface area contributed by atoms with E-state index >= 15 is 0 Å². The third-order valence-corrected chi connectivity index (χ3v) is 7.75. The summed E-state index contributed by atoms with van der Waals surface area (Å²) in [6, 6.07) is 15.7. The fourth-order valence-electron chi connectivity index (χ4n) is 4.08. The normalized spacial score (nSPS) is 24.9. The van der Waals surface area contributed by atoms with Crippen LogP contribution in [0.25, 0.3) is 0 Å². The first-order valence-corrected chi connectivity index (χ1v) is 10.9. The number of fused-ring (bicyclic) bond motifs is 1. The van der Waals surface area contributed by atoms with E-state index in [0.29, 0.717) is 48.4 Å². The predicted octanol–water partition coefficient (Wildman–Crippen LogP) is 2.81. The Labute approximate surface area is 165 Å². The number of nitrogens with zero attached hydrogens (tertiary/aromatic N) is 1. The van der Waals surface area contributed by atoms with Crippen LogP contribution in [0.3, 0.4) is 0 Å². The fraction of sp³-hybridized carbons (Fsp3) is 0.381. The van der Waals surface area contributed by atoms with E-state index in [9.17, 15) is 13.2 Å². The van der Waals surface area contributed by atoms with Crippen LogP contribution in [0.2, 0.25) is 0 Å². The van der Waals surface area contributed by atoms with Crippen LogP contribution in [0.5, 0.6) is 5.75 Å². The Balaban J connectivity index is 1.50. The van der Waals surface area contributed by atoms with E-state index in [0.717, 1.165) is 0 Å². The zero-order valence-electron chi connectivity index (χ0n) is 15.8. The molecule has 0 bridgehead atoms. The number of ether oxygens (including phenoxy) is 1. The number of hydrogen-bond acceptors (Lipinski definition) is 4. The molecule has 0 aromatic heterocycles. The summed E-state index contributed by atoms with van der Waals surface area (Å²) >= 11 is 0. The van der Waals surface area contributed by atoms with Crippen molar-refractivity contribution in [1.29, 1.82) is 0 Å². The number of carbonyl (C=O) groups excluding carboxylic acids is 1. The molecule has 1 spiro atoms. The first-order valence-electron chi connectivity index (χ1n) is 9.51. The molecule has 6 nitrogen and oxygen atoms in total. The molecule has 1 heterocycles. The first kappa shape index (κ1) is 19.0. The van der Waals surface area contributed by atoms with Crippen LogP contribution in [-0.2, 0) is 10.0 Å². The van der Waals surface area contributed by atoms with Crippen molar-refractivity contribution in [3.8, 4) is 5.75 Å². The number of amides is 1. The SMILES string of the molecule is CN(C1CCC2(CC1)CNC(=O)c1ccccc1O2)S(=O)(=O)c1ccccc1. The van der Waals surface area contributed by atoms with E-state index in [1.165, 1.54) is 4.31 Å². The monoisotopic (exact) mass is 400 g/mol. The van der Waals surface area contributed by atoms with Crippen LogP contribution in [0.4, 0.5) is 0 Å². The Hall–Kier alpha value is -2.38.